The number of hydrogen-bond donors (Lipinski definition) is 3. The molecule has 1 fully saturated rings. The highest BCUT2D eigenvalue weighted by Crippen LogP contribution is 2.45. The third-order valence-corrected chi connectivity index (χ3v) is 5.61. The quantitative estimate of drug-likeness (QED) is 0.708. The zero-order valence-corrected chi connectivity index (χ0v) is 15.0. The van der Waals surface area contributed by atoms with Gasteiger partial charge in [-0.05, 0) is 25.7 Å². The lowest BCUT2D eigenvalue weighted by Gasteiger charge is -2.23. The molecule has 2 aromatic rings. The van der Waals surface area contributed by atoms with Gasteiger partial charge in [0.2, 0.25) is 5.43 Å². The fraction of sp³-hybridized carbons (Fsp3) is 0.474. The topological polar surface area (TPSA) is 107 Å². The Labute approximate surface area is 154 Å². The van der Waals surface area contributed by atoms with Gasteiger partial charge >= 0.3 is 5.97 Å². The van der Waals surface area contributed by atoms with Crippen LogP contribution < -0.4 is 21.2 Å². The summed E-state index contributed by atoms with van der Waals surface area (Å²) in [5.74, 6) is -1.48. The number of aromatic carboxylic acids is 1. The molecule has 1 unspecified atom stereocenters. The molecule has 8 heteroatoms. The first-order chi connectivity index (χ1) is 12.9. The molecule has 2 heterocycles. The second kappa shape index (κ2) is 6.44. The van der Waals surface area contributed by atoms with Crippen LogP contribution in [0.4, 0.5) is 15.8 Å². The van der Waals surface area contributed by atoms with E-state index in [0.717, 1.165) is 12.8 Å². The lowest BCUT2D eigenvalue weighted by molar-refractivity contribution is 0.0694. The summed E-state index contributed by atoms with van der Waals surface area (Å²) in [6.45, 7) is 2.30. The monoisotopic (exact) mass is 375 g/mol. The van der Waals surface area contributed by atoms with E-state index in [1.807, 2.05) is 0 Å². The average Bonchev–Trinajstić information content (AvgIpc) is 2.97. The third kappa shape index (κ3) is 2.70. The van der Waals surface area contributed by atoms with E-state index < -0.39 is 29.0 Å². The highest BCUT2D eigenvalue weighted by Gasteiger charge is 2.32. The molecule has 1 aromatic carbocycles. The number of anilines is 2. The van der Waals surface area contributed by atoms with E-state index in [1.54, 1.807) is 6.92 Å². The molecule has 27 heavy (non-hydrogen) atoms. The first-order valence-electron chi connectivity index (χ1n) is 9.23. The van der Waals surface area contributed by atoms with Crippen molar-refractivity contribution in [1.82, 2.24) is 4.57 Å². The van der Waals surface area contributed by atoms with Crippen LogP contribution in [-0.2, 0) is 0 Å². The van der Waals surface area contributed by atoms with Crippen LogP contribution in [0.15, 0.2) is 11.0 Å². The van der Waals surface area contributed by atoms with E-state index in [1.165, 1.54) is 30.0 Å². The Bertz CT molecular complexity index is 995. The van der Waals surface area contributed by atoms with Gasteiger partial charge in [-0.1, -0.05) is 19.3 Å². The second-order valence-corrected chi connectivity index (χ2v) is 7.34. The predicted molar refractivity (Wildman–Crippen MR) is 99.9 cm³/mol. The van der Waals surface area contributed by atoms with E-state index in [9.17, 15) is 14.7 Å². The number of carboxylic acids is 1. The third-order valence-electron chi connectivity index (χ3n) is 5.61. The first kappa shape index (κ1) is 17.6. The lowest BCUT2D eigenvalue weighted by Crippen LogP contribution is -2.21. The van der Waals surface area contributed by atoms with E-state index in [-0.39, 0.29) is 22.5 Å². The second-order valence-electron chi connectivity index (χ2n) is 7.34. The Morgan fingerprint density at radius 1 is 1.41 bits per heavy atom. The molecular formula is C19H22FN3O4. The van der Waals surface area contributed by atoms with E-state index in [0.29, 0.717) is 18.0 Å². The zero-order valence-electron chi connectivity index (χ0n) is 15.0. The molecule has 0 amide bonds. The smallest absolute Gasteiger partial charge is 0.341 e. The molecule has 0 bridgehead atoms. The van der Waals surface area contributed by atoms with Crippen LogP contribution in [0, 0.1) is 11.7 Å². The number of pyridine rings is 1. The van der Waals surface area contributed by atoms with Crippen molar-refractivity contribution in [3.8, 4) is 5.75 Å². The van der Waals surface area contributed by atoms with Crippen LogP contribution in [0.1, 0.15) is 55.6 Å². The highest BCUT2D eigenvalue weighted by molar-refractivity contribution is 6.03. The maximum atomic E-state index is 15.0. The Balaban J connectivity index is 1.86. The molecule has 4 N–H and O–H groups in total. The molecule has 144 valence electrons. The van der Waals surface area contributed by atoms with Gasteiger partial charge < -0.3 is 25.5 Å². The zero-order chi connectivity index (χ0) is 19.3. The van der Waals surface area contributed by atoms with Gasteiger partial charge in [0, 0.05) is 12.7 Å². The van der Waals surface area contributed by atoms with Crippen LogP contribution in [0.5, 0.6) is 5.75 Å². The van der Waals surface area contributed by atoms with Gasteiger partial charge in [0.25, 0.3) is 0 Å². The molecule has 1 aliphatic heterocycles. The Kier molecular flexibility index (Phi) is 4.20. The number of rotatable bonds is 4. The maximum Gasteiger partial charge on any atom is 0.341 e. The number of carboxylic acid groups (broad SMARTS) is 1. The standard InChI is InChI=1S/C19H22FN3O4/c1-9-23-8-11(19(25)26)17(24)12-14(21)13(20)15(18(27-9)16(12)23)22-7-10-5-3-2-4-6-10/h8-10,22H,2-7,21H2,1H3,(H,25,26). The number of benzene rings is 1. The van der Waals surface area contributed by atoms with Crippen molar-refractivity contribution in [3.63, 3.8) is 0 Å². The highest BCUT2D eigenvalue weighted by atomic mass is 19.1. The molecule has 2 aliphatic rings. The number of nitrogens with zero attached hydrogens (tertiary/aromatic N) is 1. The normalized spacial score (nSPS) is 19.3. The fourth-order valence-electron chi connectivity index (χ4n) is 4.15. The van der Waals surface area contributed by atoms with Crippen molar-refractivity contribution in [1.29, 1.82) is 0 Å². The molecular weight excluding hydrogens is 353 g/mol. The minimum atomic E-state index is -1.38. The van der Waals surface area contributed by atoms with Crippen molar-refractivity contribution in [2.45, 2.75) is 45.3 Å². The summed E-state index contributed by atoms with van der Waals surface area (Å²) < 4.78 is 22.4. The Hall–Kier alpha value is -2.77. The summed E-state index contributed by atoms with van der Waals surface area (Å²) >= 11 is 0. The van der Waals surface area contributed by atoms with Crippen LogP contribution >= 0.6 is 0 Å². The van der Waals surface area contributed by atoms with Gasteiger partial charge in [-0.2, -0.15) is 0 Å². The number of carbonyl (C=O) groups is 1. The molecule has 1 aromatic heterocycles. The van der Waals surface area contributed by atoms with Crippen molar-refractivity contribution in [2.75, 3.05) is 17.6 Å². The summed E-state index contributed by atoms with van der Waals surface area (Å²) in [4.78, 5) is 24.0. The van der Waals surface area contributed by atoms with Gasteiger partial charge in [0.1, 0.15) is 16.8 Å². The van der Waals surface area contributed by atoms with Gasteiger partial charge in [-0.15, -0.1) is 0 Å². The van der Waals surface area contributed by atoms with Gasteiger partial charge in [0.15, 0.2) is 17.8 Å². The Morgan fingerprint density at radius 3 is 2.78 bits per heavy atom. The number of ether oxygens (including phenoxy) is 1. The number of nitrogen functional groups attached to an aromatic ring is 1. The lowest BCUT2D eigenvalue weighted by atomic mass is 9.89. The number of nitrogens with two attached hydrogens (primary N) is 1. The molecule has 7 nitrogen and oxygen atoms in total. The minimum absolute atomic E-state index is 0.144. The summed E-state index contributed by atoms with van der Waals surface area (Å²) in [5.41, 5.74) is 4.80. The SMILES string of the molecule is CC1Oc2c(NCC3CCCCC3)c(F)c(N)c3c(=O)c(C(=O)O)cn1c23. The number of halogens is 1. The van der Waals surface area contributed by atoms with Gasteiger partial charge in [-0.25, -0.2) is 9.18 Å². The van der Waals surface area contributed by atoms with Gasteiger partial charge in [0.05, 0.1) is 11.1 Å². The van der Waals surface area contributed by atoms with Crippen molar-refractivity contribution in [2.24, 2.45) is 5.92 Å². The number of hydrogen-bond acceptors (Lipinski definition) is 5. The first-order valence-corrected chi connectivity index (χ1v) is 9.23. The Morgan fingerprint density at radius 2 is 2.11 bits per heavy atom. The molecule has 4 rings (SSSR count). The van der Waals surface area contributed by atoms with Crippen molar-refractivity contribution in [3.05, 3.63) is 27.8 Å². The molecule has 1 atom stereocenters. The van der Waals surface area contributed by atoms with Gasteiger partial charge in [-0.3, -0.25) is 4.79 Å². The summed E-state index contributed by atoms with van der Waals surface area (Å²) in [6, 6.07) is 0. The van der Waals surface area contributed by atoms with Crippen LogP contribution in [-0.4, -0.2) is 22.2 Å². The average molecular weight is 375 g/mol. The van der Waals surface area contributed by atoms with Crippen LogP contribution in [0.25, 0.3) is 10.9 Å². The van der Waals surface area contributed by atoms with Crippen LogP contribution in [0.3, 0.4) is 0 Å². The summed E-state index contributed by atoms with van der Waals surface area (Å²) in [6.07, 6.45) is 6.43. The molecule has 0 radical (unpaired) electrons. The summed E-state index contributed by atoms with van der Waals surface area (Å²) in [5, 5.41) is 12.3. The summed E-state index contributed by atoms with van der Waals surface area (Å²) in [7, 11) is 0. The fourth-order valence-corrected chi connectivity index (χ4v) is 4.15. The van der Waals surface area contributed by atoms with E-state index >= 15 is 4.39 Å². The van der Waals surface area contributed by atoms with E-state index in [2.05, 4.69) is 5.32 Å². The predicted octanol–water partition coefficient (Wildman–Crippen LogP) is 3.32. The maximum absolute atomic E-state index is 15.0. The molecule has 0 saturated heterocycles. The number of nitrogens with one attached hydrogen (secondary N) is 1. The molecule has 1 aliphatic carbocycles. The van der Waals surface area contributed by atoms with Crippen LogP contribution in [0.2, 0.25) is 0 Å². The van der Waals surface area contributed by atoms with Crippen molar-refractivity contribution >= 4 is 28.2 Å². The largest absolute Gasteiger partial charge is 0.477 e. The molecule has 1 saturated carbocycles. The minimum Gasteiger partial charge on any atom is -0.477 e. The number of aromatic nitrogens is 1. The molecule has 0 spiro atoms. The van der Waals surface area contributed by atoms with Crippen molar-refractivity contribution < 1.29 is 19.0 Å². The van der Waals surface area contributed by atoms with E-state index in [4.69, 9.17) is 10.5 Å².